The molecule has 0 aliphatic heterocycles. The van der Waals surface area contributed by atoms with Crippen molar-refractivity contribution >= 4 is 10.0 Å². The number of halogens is 1. The maximum absolute atomic E-state index is 12.8. The number of hydrogen-bond acceptors (Lipinski definition) is 3. The topological polar surface area (TPSA) is 59.1 Å². The second kappa shape index (κ2) is 6.11. The third-order valence-corrected chi connectivity index (χ3v) is 4.18. The Kier molecular flexibility index (Phi) is 4.46. The number of pyridine rings is 1. The Morgan fingerprint density at radius 2 is 1.90 bits per heavy atom. The lowest BCUT2D eigenvalue weighted by Gasteiger charge is -2.13. The van der Waals surface area contributed by atoms with Gasteiger partial charge in [-0.15, -0.1) is 0 Å². The number of sulfonamides is 1. The highest BCUT2D eigenvalue weighted by atomic mass is 32.2. The van der Waals surface area contributed by atoms with Crippen molar-refractivity contribution in [2.75, 3.05) is 0 Å². The molecule has 1 aromatic heterocycles. The van der Waals surface area contributed by atoms with Crippen molar-refractivity contribution in [3.63, 3.8) is 0 Å². The van der Waals surface area contributed by atoms with E-state index in [2.05, 4.69) is 9.71 Å². The van der Waals surface area contributed by atoms with Gasteiger partial charge in [0, 0.05) is 6.20 Å². The molecule has 4 nitrogen and oxygen atoms in total. The summed E-state index contributed by atoms with van der Waals surface area (Å²) in [5.41, 5.74) is 1.18. The van der Waals surface area contributed by atoms with Crippen molar-refractivity contribution in [3.8, 4) is 0 Å². The summed E-state index contributed by atoms with van der Waals surface area (Å²) in [6, 6.07) is 10.3. The van der Waals surface area contributed by atoms with Crippen LogP contribution in [-0.2, 0) is 15.8 Å². The predicted octanol–water partition coefficient (Wildman–Crippen LogP) is 2.40. The molecule has 0 amide bonds. The van der Waals surface area contributed by atoms with E-state index in [1.807, 2.05) is 0 Å². The van der Waals surface area contributed by atoms with Crippen LogP contribution in [0.3, 0.4) is 0 Å². The molecule has 1 N–H and O–H groups in total. The Bertz CT molecular complexity index is 657. The minimum absolute atomic E-state index is 0.190. The van der Waals surface area contributed by atoms with Crippen LogP contribution in [0.25, 0.3) is 0 Å². The molecule has 2 rings (SSSR count). The van der Waals surface area contributed by atoms with E-state index in [1.165, 1.54) is 24.3 Å². The van der Waals surface area contributed by atoms with Gasteiger partial charge in [-0.1, -0.05) is 18.2 Å². The van der Waals surface area contributed by atoms with Crippen LogP contribution in [0.4, 0.5) is 4.39 Å². The van der Waals surface area contributed by atoms with Crippen LogP contribution >= 0.6 is 0 Å². The molecular formula is C14H15FN2O2S. The van der Waals surface area contributed by atoms with Gasteiger partial charge in [-0.2, -0.15) is 0 Å². The third kappa shape index (κ3) is 4.11. The summed E-state index contributed by atoms with van der Waals surface area (Å²) < 4.78 is 39.4. The molecule has 0 bridgehead atoms. The van der Waals surface area contributed by atoms with Crippen LogP contribution in [0.15, 0.2) is 48.7 Å². The maximum Gasteiger partial charge on any atom is 0.216 e. The Hall–Kier alpha value is -1.79. The standard InChI is InChI=1S/C14H15FN2O2S/c1-11(14-4-2-3-9-16-14)17-20(18,19)10-12-5-7-13(15)8-6-12/h2-9,11,17H,10H2,1H3/t11-/m1/s1. The van der Waals surface area contributed by atoms with E-state index < -0.39 is 16.1 Å². The number of aromatic nitrogens is 1. The van der Waals surface area contributed by atoms with Gasteiger partial charge in [-0.25, -0.2) is 17.5 Å². The zero-order chi connectivity index (χ0) is 14.6. The minimum Gasteiger partial charge on any atom is -0.260 e. The van der Waals surface area contributed by atoms with Crippen molar-refractivity contribution in [1.82, 2.24) is 9.71 Å². The molecule has 6 heteroatoms. The zero-order valence-corrected chi connectivity index (χ0v) is 11.8. The van der Waals surface area contributed by atoms with Gasteiger partial charge in [0.25, 0.3) is 0 Å². The fourth-order valence-electron chi connectivity index (χ4n) is 1.80. The van der Waals surface area contributed by atoms with Gasteiger partial charge in [0.15, 0.2) is 0 Å². The van der Waals surface area contributed by atoms with Crippen molar-refractivity contribution in [2.24, 2.45) is 0 Å². The van der Waals surface area contributed by atoms with E-state index in [-0.39, 0.29) is 11.6 Å². The van der Waals surface area contributed by atoms with Crippen LogP contribution < -0.4 is 4.72 Å². The quantitative estimate of drug-likeness (QED) is 0.921. The van der Waals surface area contributed by atoms with Gasteiger partial charge in [-0.3, -0.25) is 4.98 Å². The molecule has 2 aromatic rings. The van der Waals surface area contributed by atoms with E-state index in [0.29, 0.717) is 11.3 Å². The lowest BCUT2D eigenvalue weighted by Crippen LogP contribution is -2.28. The van der Waals surface area contributed by atoms with Crippen LogP contribution in [0.2, 0.25) is 0 Å². The summed E-state index contributed by atoms with van der Waals surface area (Å²) in [5.74, 6) is -0.578. The molecule has 0 aliphatic rings. The summed E-state index contributed by atoms with van der Waals surface area (Å²) in [6.45, 7) is 1.73. The van der Waals surface area contributed by atoms with Crippen molar-refractivity contribution in [3.05, 3.63) is 65.7 Å². The van der Waals surface area contributed by atoms with E-state index in [9.17, 15) is 12.8 Å². The van der Waals surface area contributed by atoms with Gasteiger partial charge in [0.2, 0.25) is 10.0 Å². The molecule has 0 spiro atoms. The first-order valence-corrected chi connectivity index (χ1v) is 7.77. The Balaban J connectivity index is 2.06. The molecule has 0 aliphatic carbocycles. The number of rotatable bonds is 5. The Labute approximate surface area is 117 Å². The minimum atomic E-state index is -3.51. The van der Waals surface area contributed by atoms with Gasteiger partial charge in [-0.05, 0) is 36.8 Å². The smallest absolute Gasteiger partial charge is 0.216 e. The number of nitrogens with zero attached hydrogens (tertiary/aromatic N) is 1. The summed E-state index contributed by atoms with van der Waals surface area (Å²) in [4.78, 5) is 4.10. The molecule has 0 saturated carbocycles. The second-order valence-electron chi connectivity index (χ2n) is 4.48. The average Bonchev–Trinajstić information content (AvgIpc) is 2.41. The maximum atomic E-state index is 12.8. The first-order chi connectivity index (χ1) is 9.46. The fraction of sp³-hybridized carbons (Fsp3) is 0.214. The van der Waals surface area contributed by atoms with E-state index in [1.54, 1.807) is 31.3 Å². The summed E-state index contributed by atoms with van der Waals surface area (Å²) in [7, 11) is -3.51. The van der Waals surface area contributed by atoms with E-state index in [0.717, 1.165) is 0 Å². The van der Waals surface area contributed by atoms with Crippen LogP contribution in [0.1, 0.15) is 24.2 Å². The molecule has 20 heavy (non-hydrogen) atoms. The Morgan fingerprint density at radius 1 is 1.20 bits per heavy atom. The summed E-state index contributed by atoms with van der Waals surface area (Å²) in [5, 5.41) is 0. The number of nitrogens with one attached hydrogen (secondary N) is 1. The molecule has 0 radical (unpaired) electrons. The second-order valence-corrected chi connectivity index (χ2v) is 6.23. The van der Waals surface area contributed by atoms with Crippen molar-refractivity contribution < 1.29 is 12.8 Å². The Morgan fingerprint density at radius 3 is 2.50 bits per heavy atom. The van der Waals surface area contributed by atoms with E-state index in [4.69, 9.17) is 0 Å². The largest absolute Gasteiger partial charge is 0.260 e. The van der Waals surface area contributed by atoms with Gasteiger partial charge >= 0.3 is 0 Å². The van der Waals surface area contributed by atoms with Crippen LogP contribution in [0.5, 0.6) is 0 Å². The lowest BCUT2D eigenvalue weighted by atomic mass is 10.2. The normalized spacial score (nSPS) is 13.1. The SMILES string of the molecule is C[C@@H](NS(=O)(=O)Cc1ccc(F)cc1)c1ccccn1. The number of benzene rings is 1. The van der Waals surface area contributed by atoms with Gasteiger partial charge < -0.3 is 0 Å². The summed E-state index contributed by atoms with van der Waals surface area (Å²) >= 11 is 0. The number of hydrogen-bond donors (Lipinski definition) is 1. The lowest BCUT2D eigenvalue weighted by molar-refractivity contribution is 0.563. The monoisotopic (exact) mass is 294 g/mol. The molecule has 0 unspecified atom stereocenters. The highest BCUT2D eigenvalue weighted by molar-refractivity contribution is 7.88. The fourth-order valence-corrected chi connectivity index (χ4v) is 3.18. The molecule has 1 atom stereocenters. The average molecular weight is 294 g/mol. The summed E-state index contributed by atoms with van der Waals surface area (Å²) in [6.07, 6.45) is 1.61. The molecule has 1 aromatic carbocycles. The highest BCUT2D eigenvalue weighted by Gasteiger charge is 2.17. The third-order valence-electron chi connectivity index (χ3n) is 2.76. The molecule has 106 valence electrons. The van der Waals surface area contributed by atoms with Crippen LogP contribution in [0, 0.1) is 5.82 Å². The predicted molar refractivity (Wildman–Crippen MR) is 74.8 cm³/mol. The van der Waals surface area contributed by atoms with Gasteiger partial charge in [0.1, 0.15) is 5.82 Å². The van der Waals surface area contributed by atoms with Gasteiger partial charge in [0.05, 0.1) is 17.5 Å². The molecule has 1 heterocycles. The molecular weight excluding hydrogens is 279 g/mol. The zero-order valence-electron chi connectivity index (χ0n) is 11.0. The highest BCUT2D eigenvalue weighted by Crippen LogP contribution is 2.12. The first kappa shape index (κ1) is 14.6. The van der Waals surface area contributed by atoms with Crippen LogP contribution in [-0.4, -0.2) is 13.4 Å². The molecule has 0 saturated heterocycles. The van der Waals surface area contributed by atoms with E-state index >= 15 is 0 Å². The molecule has 0 fully saturated rings. The first-order valence-electron chi connectivity index (χ1n) is 6.12. The van der Waals surface area contributed by atoms with Crippen molar-refractivity contribution in [2.45, 2.75) is 18.7 Å². The van der Waals surface area contributed by atoms with Crippen molar-refractivity contribution in [1.29, 1.82) is 0 Å².